The number of rotatable bonds is 5. The first-order valence-corrected chi connectivity index (χ1v) is 5.66. The van der Waals surface area contributed by atoms with Gasteiger partial charge in [0.2, 0.25) is 11.8 Å². The molecule has 0 bridgehead atoms. The highest BCUT2D eigenvalue weighted by atomic mass is 16.9. The zero-order valence-corrected chi connectivity index (χ0v) is 10.5. The Kier molecular flexibility index (Phi) is 5.04. The van der Waals surface area contributed by atoms with E-state index in [0.717, 1.165) is 12.1 Å². The fraction of sp³-hybridized carbons (Fsp3) is 0.455. The van der Waals surface area contributed by atoms with Gasteiger partial charge in [-0.05, 0) is 0 Å². The largest absolute Gasteiger partial charge is 0.537 e. The van der Waals surface area contributed by atoms with Crippen molar-refractivity contribution in [1.29, 1.82) is 0 Å². The summed E-state index contributed by atoms with van der Waals surface area (Å²) in [6.45, 7) is 3.24. The number of esters is 1. The standard InChI is InChI=1S/C11H15NO7/c1-3-9(15)17-10(4-2)18-11(16)19-12-7(13)5-6-8(12)14/h5-6,10,13-14H,3-4H2,1-2H3. The van der Waals surface area contributed by atoms with Gasteiger partial charge in [0, 0.05) is 25.0 Å². The molecule has 0 aliphatic carbocycles. The SMILES string of the molecule is CCC(=O)OC(CC)OC(=O)On1c(O)ccc1O. The number of carbonyl (C=O) groups excluding carboxylic acids is 2. The minimum Gasteiger partial charge on any atom is -0.492 e. The molecule has 0 aliphatic heterocycles. The maximum Gasteiger partial charge on any atom is 0.537 e. The van der Waals surface area contributed by atoms with Crippen LogP contribution in [0.5, 0.6) is 11.8 Å². The highest BCUT2D eigenvalue weighted by Gasteiger charge is 2.20. The lowest BCUT2D eigenvalue weighted by molar-refractivity contribution is -0.171. The molecule has 1 unspecified atom stereocenters. The van der Waals surface area contributed by atoms with Gasteiger partial charge in [-0.2, -0.15) is 0 Å². The smallest absolute Gasteiger partial charge is 0.492 e. The van der Waals surface area contributed by atoms with Crippen molar-refractivity contribution < 1.29 is 34.1 Å². The van der Waals surface area contributed by atoms with Crippen molar-refractivity contribution in [3.8, 4) is 11.8 Å². The molecule has 1 aromatic heterocycles. The quantitative estimate of drug-likeness (QED) is 0.612. The summed E-state index contributed by atoms with van der Waals surface area (Å²) in [5.41, 5.74) is 0. The van der Waals surface area contributed by atoms with E-state index in [9.17, 15) is 19.8 Å². The third kappa shape index (κ3) is 4.09. The van der Waals surface area contributed by atoms with Crippen LogP contribution in [0.2, 0.25) is 0 Å². The monoisotopic (exact) mass is 273 g/mol. The van der Waals surface area contributed by atoms with Gasteiger partial charge in [-0.25, -0.2) is 4.79 Å². The van der Waals surface area contributed by atoms with Crippen molar-refractivity contribution >= 4 is 12.1 Å². The summed E-state index contributed by atoms with van der Waals surface area (Å²) in [6, 6.07) is 2.24. The Morgan fingerprint density at radius 3 is 2.26 bits per heavy atom. The number of nitrogens with zero attached hydrogens (tertiary/aromatic N) is 1. The molecule has 0 fully saturated rings. The summed E-state index contributed by atoms with van der Waals surface area (Å²) in [7, 11) is 0. The maximum absolute atomic E-state index is 11.4. The van der Waals surface area contributed by atoms with Gasteiger partial charge in [0.05, 0.1) is 0 Å². The lowest BCUT2D eigenvalue weighted by Gasteiger charge is -2.16. The number of aromatic hydroxyl groups is 2. The fourth-order valence-electron chi connectivity index (χ4n) is 1.12. The Labute approximate surface area is 109 Å². The molecule has 0 saturated heterocycles. The van der Waals surface area contributed by atoms with Gasteiger partial charge in [0.15, 0.2) is 0 Å². The Balaban J connectivity index is 2.56. The highest BCUT2D eigenvalue weighted by Crippen LogP contribution is 2.19. The summed E-state index contributed by atoms with van der Waals surface area (Å²) in [4.78, 5) is 27.0. The van der Waals surface area contributed by atoms with Crippen molar-refractivity contribution in [2.24, 2.45) is 0 Å². The second kappa shape index (κ2) is 6.53. The van der Waals surface area contributed by atoms with Crippen molar-refractivity contribution in [1.82, 2.24) is 4.73 Å². The molecule has 1 atom stereocenters. The number of aromatic nitrogens is 1. The van der Waals surface area contributed by atoms with Crippen LogP contribution in [0.25, 0.3) is 0 Å². The third-order valence-electron chi connectivity index (χ3n) is 2.08. The van der Waals surface area contributed by atoms with Gasteiger partial charge >= 0.3 is 12.1 Å². The molecule has 19 heavy (non-hydrogen) atoms. The maximum atomic E-state index is 11.4. The van der Waals surface area contributed by atoms with E-state index in [-0.39, 0.29) is 12.8 Å². The lowest BCUT2D eigenvalue weighted by Crippen LogP contribution is -2.28. The Morgan fingerprint density at radius 2 is 1.79 bits per heavy atom. The predicted octanol–water partition coefficient (Wildman–Crippen LogP) is 1.15. The summed E-state index contributed by atoms with van der Waals surface area (Å²) >= 11 is 0. The number of carbonyl (C=O) groups is 2. The number of hydrogen-bond acceptors (Lipinski definition) is 7. The third-order valence-corrected chi connectivity index (χ3v) is 2.08. The molecule has 0 radical (unpaired) electrons. The molecule has 0 saturated carbocycles. The van der Waals surface area contributed by atoms with Crippen LogP contribution in [0.15, 0.2) is 12.1 Å². The van der Waals surface area contributed by atoms with E-state index in [4.69, 9.17) is 9.47 Å². The Hall–Kier alpha value is -2.38. The van der Waals surface area contributed by atoms with Crippen molar-refractivity contribution in [3.05, 3.63) is 12.1 Å². The molecule has 0 spiro atoms. The van der Waals surface area contributed by atoms with E-state index in [1.165, 1.54) is 0 Å². The van der Waals surface area contributed by atoms with Gasteiger partial charge in [0.25, 0.3) is 6.29 Å². The molecule has 8 heteroatoms. The van der Waals surface area contributed by atoms with E-state index in [1.54, 1.807) is 13.8 Å². The minimum atomic E-state index is -1.22. The van der Waals surface area contributed by atoms with E-state index in [1.807, 2.05) is 0 Å². The summed E-state index contributed by atoms with van der Waals surface area (Å²) in [5.74, 6) is -1.48. The zero-order valence-electron chi connectivity index (χ0n) is 10.5. The Bertz CT molecular complexity index is 434. The molecule has 0 aliphatic rings. The molecule has 0 aromatic carbocycles. The van der Waals surface area contributed by atoms with E-state index in [2.05, 4.69) is 4.84 Å². The fourth-order valence-corrected chi connectivity index (χ4v) is 1.12. The van der Waals surface area contributed by atoms with Crippen molar-refractivity contribution in [2.75, 3.05) is 0 Å². The molecule has 1 heterocycles. The van der Waals surface area contributed by atoms with Gasteiger partial charge < -0.3 is 19.7 Å². The average Bonchev–Trinajstić information content (AvgIpc) is 2.69. The first kappa shape index (κ1) is 14.7. The first-order chi connectivity index (χ1) is 8.97. The number of ether oxygens (including phenoxy) is 2. The molecule has 8 nitrogen and oxygen atoms in total. The molecular weight excluding hydrogens is 258 g/mol. The Morgan fingerprint density at radius 1 is 1.21 bits per heavy atom. The van der Waals surface area contributed by atoms with Crippen LogP contribution in [0.3, 0.4) is 0 Å². The van der Waals surface area contributed by atoms with Gasteiger partial charge in [-0.3, -0.25) is 9.63 Å². The molecule has 2 N–H and O–H groups in total. The van der Waals surface area contributed by atoms with Crippen molar-refractivity contribution in [3.63, 3.8) is 0 Å². The van der Waals surface area contributed by atoms with Gasteiger partial charge in [0.1, 0.15) is 0 Å². The van der Waals surface area contributed by atoms with Gasteiger partial charge in [-0.1, -0.05) is 13.8 Å². The summed E-state index contributed by atoms with van der Waals surface area (Å²) < 4.78 is 9.98. The summed E-state index contributed by atoms with van der Waals surface area (Å²) in [5, 5.41) is 18.5. The zero-order chi connectivity index (χ0) is 14.4. The molecule has 1 aromatic rings. The lowest BCUT2D eigenvalue weighted by atomic mass is 10.4. The van der Waals surface area contributed by atoms with Crippen molar-refractivity contribution in [2.45, 2.75) is 33.0 Å². The van der Waals surface area contributed by atoms with Crippen LogP contribution in [0, 0.1) is 0 Å². The van der Waals surface area contributed by atoms with E-state index in [0.29, 0.717) is 4.73 Å². The minimum absolute atomic E-state index is 0.147. The molecular formula is C11H15NO7. The number of hydrogen-bond donors (Lipinski definition) is 2. The van der Waals surface area contributed by atoms with Crippen LogP contribution in [-0.4, -0.2) is 33.4 Å². The highest BCUT2D eigenvalue weighted by molar-refractivity contribution is 5.69. The summed E-state index contributed by atoms with van der Waals surface area (Å²) in [6.07, 6.45) is -1.92. The van der Waals surface area contributed by atoms with E-state index >= 15 is 0 Å². The first-order valence-electron chi connectivity index (χ1n) is 5.66. The predicted molar refractivity (Wildman–Crippen MR) is 61.3 cm³/mol. The topological polar surface area (TPSA) is 107 Å². The van der Waals surface area contributed by atoms with Crippen LogP contribution >= 0.6 is 0 Å². The molecule has 106 valence electrons. The van der Waals surface area contributed by atoms with Crippen LogP contribution < -0.4 is 4.84 Å². The average molecular weight is 273 g/mol. The molecule has 0 amide bonds. The van der Waals surface area contributed by atoms with Crippen LogP contribution in [0.1, 0.15) is 26.7 Å². The normalized spacial score (nSPS) is 11.7. The van der Waals surface area contributed by atoms with Crippen LogP contribution in [-0.2, 0) is 14.3 Å². The van der Waals surface area contributed by atoms with Gasteiger partial charge in [-0.15, -0.1) is 4.73 Å². The molecule has 1 rings (SSSR count). The second-order valence-corrected chi connectivity index (χ2v) is 3.48. The second-order valence-electron chi connectivity index (χ2n) is 3.48. The van der Waals surface area contributed by atoms with E-state index < -0.39 is 30.2 Å². The van der Waals surface area contributed by atoms with Crippen LogP contribution in [0.4, 0.5) is 4.79 Å².